The number of hydrogen-bond donors (Lipinski definition) is 1. The quantitative estimate of drug-likeness (QED) is 0.903. The highest BCUT2D eigenvalue weighted by atomic mass is 79.9. The van der Waals surface area contributed by atoms with Crippen molar-refractivity contribution < 1.29 is 0 Å². The van der Waals surface area contributed by atoms with E-state index in [-0.39, 0.29) is 0 Å². The predicted octanol–water partition coefficient (Wildman–Crippen LogP) is 2.49. The molecule has 0 amide bonds. The van der Waals surface area contributed by atoms with Gasteiger partial charge in [0.15, 0.2) is 0 Å². The highest BCUT2D eigenvalue weighted by molar-refractivity contribution is 9.10. The van der Waals surface area contributed by atoms with Gasteiger partial charge in [-0.05, 0) is 47.8 Å². The van der Waals surface area contributed by atoms with Crippen molar-refractivity contribution in [2.45, 2.75) is 31.3 Å². The van der Waals surface area contributed by atoms with Crippen LogP contribution in [-0.4, -0.2) is 35.1 Å². The van der Waals surface area contributed by atoms with Gasteiger partial charge < -0.3 is 5.32 Å². The Morgan fingerprint density at radius 1 is 1.38 bits per heavy atom. The number of nitrogens with zero attached hydrogens (tertiary/aromatic N) is 2. The summed E-state index contributed by atoms with van der Waals surface area (Å²) in [4.78, 5) is 6.71. The summed E-state index contributed by atoms with van der Waals surface area (Å²) in [7, 11) is 0. The van der Waals surface area contributed by atoms with Gasteiger partial charge in [0.25, 0.3) is 0 Å². The number of hydrogen-bond acceptors (Lipinski definition) is 3. The van der Waals surface area contributed by atoms with Crippen LogP contribution in [0.25, 0.3) is 0 Å². The molecule has 16 heavy (non-hydrogen) atoms. The van der Waals surface area contributed by atoms with Crippen LogP contribution in [0.1, 0.15) is 19.3 Å². The van der Waals surface area contributed by atoms with Gasteiger partial charge in [0, 0.05) is 31.0 Å². The number of fused-ring (bicyclic) bond motifs is 1. The molecule has 1 N–H and O–H groups in total. The molecule has 2 atom stereocenters. The smallest absolute Gasteiger partial charge is 0.0590 e. The summed E-state index contributed by atoms with van der Waals surface area (Å²) in [6, 6.07) is 3.41. The molecule has 0 bridgehead atoms. The number of aromatic nitrogens is 1. The lowest BCUT2D eigenvalue weighted by Crippen LogP contribution is -2.33. The van der Waals surface area contributed by atoms with Crippen LogP contribution in [-0.2, 0) is 0 Å². The van der Waals surface area contributed by atoms with Crippen LogP contribution < -0.4 is 5.32 Å². The fourth-order valence-electron chi connectivity index (χ4n) is 2.94. The minimum atomic E-state index is 0.612. The molecule has 3 rings (SSSR count). The van der Waals surface area contributed by atoms with Crippen molar-refractivity contribution in [1.29, 1.82) is 0 Å². The number of anilines is 1. The standard InChI is InChI=1S/C12H16BrN3/c13-9-8-14-5-3-10(9)15-11-4-7-16-6-1-2-12(11)16/h3,5,8,11-12H,1-2,4,6-7H2,(H,14,15). The van der Waals surface area contributed by atoms with E-state index in [1.165, 1.54) is 38.0 Å². The summed E-state index contributed by atoms with van der Waals surface area (Å²) < 4.78 is 1.06. The molecule has 2 saturated heterocycles. The Hall–Kier alpha value is -0.610. The van der Waals surface area contributed by atoms with Crippen molar-refractivity contribution in [2.75, 3.05) is 18.4 Å². The van der Waals surface area contributed by atoms with Crippen LogP contribution in [0.4, 0.5) is 5.69 Å². The third kappa shape index (κ3) is 1.84. The maximum absolute atomic E-state index is 4.09. The van der Waals surface area contributed by atoms with Crippen LogP contribution in [0.3, 0.4) is 0 Å². The first-order valence-electron chi connectivity index (χ1n) is 5.95. The second kappa shape index (κ2) is 4.34. The molecule has 2 aliphatic heterocycles. The molecule has 0 spiro atoms. The SMILES string of the molecule is Brc1cnccc1NC1CCN2CCCC12. The van der Waals surface area contributed by atoms with Gasteiger partial charge in [0.2, 0.25) is 0 Å². The Kier molecular flexibility index (Phi) is 2.86. The Balaban J connectivity index is 1.73. The fourth-order valence-corrected chi connectivity index (χ4v) is 3.31. The molecule has 0 aliphatic carbocycles. The summed E-state index contributed by atoms with van der Waals surface area (Å²) >= 11 is 3.54. The van der Waals surface area contributed by atoms with Crippen LogP contribution in [0.5, 0.6) is 0 Å². The molecule has 0 aromatic carbocycles. The van der Waals surface area contributed by atoms with Crippen molar-refractivity contribution in [3.05, 3.63) is 22.9 Å². The average Bonchev–Trinajstić information content (AvgIpc) is 2.86. The van der Waals surface area contributed by atoms with Gasteiger partial charge in [-0.25, -0.2) is 0 Å². The van der Waals surface area contributed by atoms with Crippen LogP contribution in [0, 0.1) is 0 Å². The van der Waals surface area contributed by atoms with Gasteiger partial charge >= 0.3 is 0 Å². The van der Waals surface area contributed by atoms with E-state index in [9.17, 15) is 0 Å². The molecule has 0 radical (unpaired) electrons. The Bertz CT molecular complexity index is 382. The van der Waals surface area contributed by atoms with E-state index in [0.717, 1.165) is 10.5 Å². The molecule has 4 heteroatoms. The van der Waals surface area contributed by atoms with E-state index in [4.69, 9.17) is 0 Å². The number of rotatable bonds is 2. The molecule has 1 aromatic rings. The van der Waals surface area contributed by atoms with Gasteiger partial charge in [-0.1, -0.05) is 0 Å². The highest BCUT2D eigenvalue weighted by Gasteiger charge is 2.37. The Morgan fingerprint density at radius 3 is 3.19 bits per heavy atom. The average molecular weight is 282 g/mol. The van der Waals surface area contributed by atoms with Crippen molar-refractivity contribution in [1.82, 2.24) is 9.88 Å². The van der Waals surface area contributed by atoms with E-state index < -0.39 is 0 Å². The molecule has 3 heterocycles. The lowest BCUT2D eigenvalue weighted by molar-refractivity contribution is 0.318. The summed E-state index contributed by atoms with van der Waals surface area (Å²) in [5, 5.41) is 3.65. The monoisotopic (exact) mass is 281 g/mol. The van der Waals surface area contributed by atoms with E-state index in [1.54, 1.807) is 0 Å². The zero-order valence-corrected chi connectivity index (χ0v) is 10.8. The molecule has 2 unspecified atom stereocenters. The third-order valence-electron chi connectivity index (χ3n) is 3.72. The van der Waals surface area contributed by atoms with E-state index >= 15 is 0 Å². The Labute approximate surface area is 104 Å². The lowest BCUT2D eigenvalue weighted by Gasteiger charge is -2.22. The summed E-state index contributed by atoms with van der Waals surface area (Å²) in [6.45, 7) is 2.55. The first-order valence-corrected chi connectivity index (χ1v) is 6.74. The minimum absolute atomic E-state index is 0.612. The molecule has 0 saturated carbocycles. The summed E-state index contributed by atoms with van der Waals surface area (Å²) in [5.41, 5.74) is 1.17. The van der Waals surface area contributed by atoms with Gasteiger partial charge in [-0.15, -0.1) is 0 Å². The van der Waals surface area contributed by atoms with Gasteiger partial charge in [-0.3, -0.25) is 9.88 Å². The maximum atomic E-state index is 4.09. The zero-order chi connectivity index (χ0) is 11.0. The first-order chi connectivity index (χ1) is 7.84. The van der Waals surface area contributed by atoms with Gasteiger partial charge in [0.05, 0.1) is 10.2 Å². The lowest BCUT2D eigenvalue weighted by atomic mass is 10.1. The minimum Gasteiger partial charge on any atom is -0.380 e. The second-order valence-corrected chi connectivity index (χ2v) is 5.49. The van der Waals surface area contributed by atoms with Crippen LogP contribution in [0.15, 0.2) is 22.9 Å². The number of halogens is 1. The maximum Gasteiger partial charge on any atom is 0.0590 e. The van der Waals surface area contributed by atoms with E-state index in [1.807, 2.05) is 18.5 Å². The zero-order valence-electron chi connectivity index (χ0n) is 9.19. The van der Waals surface area contributed by atoms with Crippen LogP contribution in [0.2, 0.25) is 0 Å². The fraction of sp³-hybridized carbons (Fsp3) is 0.583. The molecule has 3 nitrogen and oxygen atoms in total. The third-order valence-corrected chi connectivity index (χ3v) is 4.35. The topological polar surface area (TPSA) is 28.2 Å². The summed E-state index contributed by atoms with van der Waals surface area (Å²) in [6.07, 6.45) is 7.67. The molecular weight excluding hydrogens is 266 g/mol. The largest absolute Gasteiger partial charge is 0.380 e. The molecule has 2 fully saturated rings. The first kappa shape index (κ1) is 10.5. The van der Waals surface area contributed by atoms with Crippen LogP contribution >= 0.6 is 15.9 Å². The van der Waals surface area contributed by atoms with Gasteiger partial charge in [-0.2, -0.15) is 0 Å². The van der Waals surface area contributed by atoms with Gasteiger partial charge in [0.1, 0.15) is 0 Å². The normalized spacial score (nSPS) is 29.3. The molecule has 1 aromatic heterocycles. The molecule has 2 aliphatic rings. The Morgan fingerprint density at radius 2 is 2.31 bits per heavy atom. The molecular formula is C12H16BrN3. The second-order valence-electron chi connectivity index (χ2n) is 4.64. The molecule has 86 valence electrons. The van der Waals surface area contributed by atoms with E-state index in [0.29, 0.717) is 6.04 Å². The summed E-state index contributed by atoms with van der Waals surface area (Å²) in [5.74, 6) is 0. The van der Waals surface area contributed by atoms with Crippen molar-refractivity contribution >= 4 is 21.6 Å². The van der Waals surface area contributed by atoms with Crippen molar-refractivity contribution in [3.8, 4) is 0 Å². The number of nitrogens with one attached hydrogen (secondary N) is 1. The van der Waals surface area contributed by atoms with E-state index in [2.05, 4.69) is 31.1 Å². The van der Waals surface area contributed by atoms with Crippen molar-refractivity contribution in [2.24, 2.45) is 0 Å². The van der Waals surface area contributed by atoms with Crippen molar-refractivity contribution in [3.63, 3.8) is 0 Å². The predicted molar refractivity (Wildman–Crippen MR) is 68.6 cm³/mol. The highest BCUT2D eigenvalue weighted by Crippen LogP contribution is 2.31. The number of pyridine rings is 1.